The van der Waals surface area contributed by atoms with Crippen molar-refractivity contribution < 1.29 is 4.74 Å². The number of imidazole rings is 1. The summed E-state index contributed by atoms with van der Waals surface area (Å²) in [6.45, 7) is 0. The predicted octanol–water partition coefficient (Wildman–Crippen LogP) is 0.777. The van der Waals surface area contributed by atoms with Gasteiger partial charge in [-0.3, -0.25) is 4.57 Å². The molecule has 0 aliphatic heterocycles. The van der Waals surface area contributed by atoms with E-state index in [0.717, 1.165) is 11.2 Å². The van der Waals surface area contributed by atoms with Crippen molar-refractivity contribution in [2.24, 2.45) is 7.05 Å². The van der Waals surface area contributed by atoms with Crippen molar-refractivity contribution in [1.29, 1.82) is 0 Å². The molecular weight excluding hydrogens is 154 g/mol. The van der Waals surface area contributed by atoms with Crippen LogP contribution in [0.4, 0.5) is 0 Å². The summed E-state index contributed by atoms with van der Waals surface area (Å²) in [5.74, 6) is 0. The Bertz CT molecular complexity index is 408. The van der Waals surface area contributed by atoms with E-state index in [-0.39, 0.29) is 0 Å². The number of pyridine rings is 1. The van der Waals surface area contributed by atoms with Crippen LogP contribution in [-0.2, 0) is 7.05 Å². The molecular formula is C8H8N3O. The molecule has 2 aromatic rings. The van der Waals surface area contributed by atoms with Gasteiger partial charge in [-0.2, -0.15) is 4.98 Å². The van der Waals surface area contributed by atoms with E-state index in [1.165, 1.54) is 0 Å². The maximum absolute atomic E-state index is 5.03. The normalized spacial score (nSPS) is 10.5. The van der Waals surface area contributed by atoms with E-state index in [0.29, 0.717) is 6.01 Å². The third kappa shape index (κ3) is 0.845. The summed E-state index contributed by atoms with van der Waals surface area (Å²) in [5, 5.41) is 0. The zero-order valence-electron chi connectivity index (χ0n) is 6.90. The fourth-order valence-electron chi connectivity index (χ4n) is 1.14. The number of aryl methyl sites for hydroxylation is 1. The minimum absolute atomic E-state index is 0.567. The first-order chi connectivity index (χ1) is 5.83. The number of fused-ring (bicyclic) bond motifs is 1. The molecule has 0 spiro atoms. The molecule has 2 heterocycles. The predicted molar refractivity (Wildman–Crippen MR) is 43.9 cm³/mol. The summed E-state index contributed by atoms with van der Waals surface area (Å²) in [6, 6.07) is 5.21. The van der Waals surface area contributed by atoms with Crippen LogP contribution in [0.3, 0.4) is 0 Å². The van der Waals surface area contributed by atoms with E-state index in [1.54, 1.807) is 23.9 Å². The highest BCUT2D eigenvalue weighted by Gasteiger charge is 2.06. The molecule has 0 saturated carbocycles. The number of nitrogens with zero attached hydrogens (tertiary/aromatic N) is 3. The molecule has 0 amide bonds. The van der Waals surface area contributed by atoms with Crippen molar-refractivity contribution in [3.05, 3.63) is 18.3 Å². The van der Waals surface area contributed by atoms with Crippen LogP contribution in [0, 0.1) is 6.07 Å². The summed E-state index contributed by atoms with van der Waals surface area (Å²) in [4.78, 5) is 8.29. The smallest absolute Gasteiger partial charge is 0.298 e. The van der Waals surface area contributed by atoms with Gasteiger partial charge in [0.1, 0.15) is 5.52 Å². The molecule has 4 nitrogen and oxygen atoms in total. The van der Waals surface area contributed by atoms with Crippen LogP contribution in [0.1, 0.15) is 0 Å². The lowest BCUT2D eigenvalue weighted by atomic mass is 10.4. The molecule has 4 heteroatoms. The summed E-state index contributed by atoms with van der Waals surface area (Å²) in [5.41, 5.74) is 1.61. The number of aromatic nitrogens is 3. The van der Waals surface area contributed by atoms with Crippen LogP contribution >= 0.6 is 0 Å². The van der Waals surface area contributed by atoms with Gasteiger partial charge in [0.2, 0.25) is 0 Å². The number of rotatable bonds is 1. The minimum atomic E-state index is 0.567. The summed E-state index contributed by atoms with van der Waals surface area (Å²) < 4.78 is 6.82. The fourth-order valence-corrected chi connectivity index (χ4v) is 1.14. The van der Waals surface area contributed by atoms with Gasteiger partial charge in [-0.25, -0.2) is 4.98 Å². The van der Waals surface area contributed by atoms with Gasteiger partial charge in [0, 0.05) is 19.3 Å². The van der Waals surface area contributed by atoms with Crippen LogP contribution in [0.5, 0.6) is 6.01 Å². The third-order valence-electron chi connectivity index (χ3n) is 1.71. The molecule has 0 bridgehead atoms. The lowest BCUT2D eigenvalue weighted by molar-refractivity contribution is 0.368. The first-order valence-corrected chi connectivity index (χ1v) is 3.55. The van der Waals surface area contributed by atoms with Crippen molar-refractivity contribution in [2.45, 2.75) is 0 Å². The highest BCUT2D eigenvalue weighted by Crippen LogP contribution is 2.15. The van der Waals surface area contributed by atoms with Gasteiger partial charge in [0.15, 0.2) is 5.65 Å². The van der Waals surface area contributed by atoms with Gasteiger partial charge >= 0.3 is 0 Å². The van der Waals surface area contributed by atoms with E-state index < -0.39 is 0 Å². The van der Waals surface area contributed by atoms with E-state index in [1.807, 2.05) is 7.05 Å². The van der Waals surface area contributed by atoms with Gasteiger partial charge in [-0.15, -0.1) is 0 Å². The van der Waals surface area contributed by atoms with Crippen molar-refractivity contribution in [3.63, 3.8) is 0 Å². The quantitative estimate of drug-likeness (QED) is 0.622. The number of ether oxygens (including phenoxy) is 1. The second-order valence-electron chi connectivity index (χ2n) is 2.44. The van der Waals surface area contributed by atoms with E-state index >= 15 is 0 Å². The van der Waals surface area contributed by atoms with Crippen molar-refractivity contribution in [3.8, 4) is 6.01 Å². The van der Waals surface area contributed by atoms with Gasteiger partial charge in [-0.05, 0) is 6.07 Å². The first kappa shape index (κ1) is 7.09. The Kier molecular flexibility index (Phi) is 1.46. The lowest BCUT2D eigenvalue weighted by Crippen LogP contribution is -1.94. The highest BCUT2D eigenvalue weighted by atomic mass is 16.5. The van der Waals surface area contributed by atoms with Gasteiger partial charge in [-0.1, -0.05) is 0 Å². The molecule has 0 atom stereocenters. The third-order valence-corrected chi connectivity index (χ3v) is 1.71. The number of hydrogen-bond donors (Lipinski definition) is 0. The van der Waals surface area contributed by atoms with Crippen molar-refractivity contribution >= 4 is 11.2 Å². The van der Waals surface area contributed by atoms with Gasteiger partial charge in [0.25, 0.3) is 6.01 Å². The molecule has 0 N–H and O–H groups in total. The minimum Gasteiger partial charge on any atom is -0.468 e. The molecule has 2 aromatic heterocycles. The van der Waals surface area contributed by atoms with Crippen LogP contribution in [0.25, 0.3) is 11.2 Å². The summed E-state index contributed by atoms with van der Waals surface area (Å²) in [7, 11) is 3.45. The van der Waals surface area contributed by atoms with E-state index in [9.17, 15) is 0 Å². The Morgan fingerprint density at radius 2 is 2.42 bits per heavy atom. The second-order valence-corrected chi connectivity index (χ2v) is 2.44. The van der Waals surface area contributed by atoms with Crippen molar-refractivity contribution in [1.82, 2.24) is 14.5 Å². The van der Waals surface area contributed by atoms with E-state index in [4.69, 9.17) is 4.74 Å². The Labute approximate surface area is 69.8 Å². The SMILES string of the molecule is COc1nc2c[c]cnc2n1C. The average molecular weight is 162 g/mol. The Hall–Kier alpha value is -1.58. The van der Waals surface area contributed by atoms with E-state index in [2.05, 4.69) is 16.0 Å². The van der Waals surface area contributed by atoms with Crippen LogP contribution < -0.4 is 4.74 Å². The highest BCUT2D eigenvalue weighted by molar-refractivity contribution is 5.71. The second kappa shape index (κ2) is 2.48. The summed E-state index contributed by atoms with van der Waals surface area (Å²) >= 11 is 0. The first-order valence-electron chi connectivity index (χ1n) is 3.55. The molecule has 0 aliphatic rings. The Morgan fingerprint density at radius 3 is 3.08 bits per heavy atom. The molecule has 2 rings (SSSR count). The lowest BCUT2D eigenvalue weighted by Gasteiger charge is -1.96. The Morgan fingerprint density at radius 1 is 1.58 bits per heavy atom. The molecule has 1 radical (unpaired) electrons. The molecule has 0 saturated heterocycles. The molecule has 0 aliphatic carbocycles. The average Bonchev–Trinajstić information content (AvgIpc) is 2.44. The van der Waals surface area contributed by atoms with Crippen LogP contribution in [-0.4, -0.2) is 21.6 Å². The number of hydrogen-bond acceptors (Lipinski definition) is 3. The molecule has 12 heavy (non-hydrogen) atoms. The van der Waals surface area contributed by atoms with Gasteiger partial charge < -0.3 is 4.74 Å². The fraction of sp³-hybridized carbons (Fsp3) is 0.250. The molecule has 0 aromatic carbocycles. The maximum atomic E-state index is 5.03. The topological polar surface area (TPSA) is 39.9 Å². The zero-order chi connectivity index (χ0) is 8.55. The molecule has 0 unspecified atom stereocenters. The van der Waals surface area contributed by atoms with Crippen molar-refractivity contribution in [2.75, 3.05) is 7.11 Å². The maximum Gasteiger partial charge on any atom is 0.298 e. The molecule has 0 fully saturated rings. The van der Waals surface area contributed by atoms with Gasteiger partial charge in [0.05, 0.1) is 7.11 Å². The summed E-state index contributed by atoms with van der Waals surface area (Å²) in [6.07, 6.45) is 1.61. The van der Waals surface area contributed by atoms with Crippen LogP contribution in [0.15, 0.2) is 12.3 Å². The van der Waals surface area contributed by atoms with Crippen LogP contribution in [0.2, 0.25) is 0 Å². The monoisotopic (exact) mass is 162 g/mol. The largest absolute Gasteiger partial charge is 0.468 e. The Balaban J connectivity index is 2.78. The standard InChI is InChI=1S/C8H8N3O/c1-11-7-6(4-3-5-9-7)10-8(11)12-2/h4-5H,1-2H3. The molecule has 61 valence electrons. The zero-order valence-corrected chi connectivity index (χ0v) is 6.90. The number of methoxy groups -OCH3 is 1.